The van der Waals surface area contributed by atoms with Crippen LogP contribution in [0.1, 0.15) is 102 Å². The van der Waals surface area contributed by atoms with Crippen LogP contribution in [0, 0.1) is 0 Å². The Hall–Kier alpha value is -2.55. The van der Waals surface area contributed by atoms with E-state index in [4.69, 9.17) is 0 Å². The van der Waals surface area contributed by atoms with Crippen LogP contribution in [-0.4, -0.2) is 6.94 Å². The monoisotopic (exact) mass is 806 g/mol. The summed E-state index contributed by atoms with van der Waals surface area (Å²) < 4.78 is 10.6. The van der Waals surface area contributed by atoms with Crippen LogP contribution in [0.2, 0.25) is 18.2 Å². The first-order valence-corrected chi connectivity index (χ1v) is 43.9. The van der Waals surface area contributed by atoms with Crippen molar-refractivity contribution in [2.45, 2.75) is 97.7 Å². The normalized spacial score (nSPS) is 19.8. The van der Waals surface area contributed by atoms with Crippen molar-refractivity contribution < 1.29 is 14.2 Å². The van der Waals surface area contributed by atoms with E-state index in [1.165, 1.54) is 61.5 Å². The molecule has 0 heterocycles. The fourth-order valence-electron chi connectivity index (χ4n) is 9.54. The topological polar surface area (TPSA) is 0 Å². The molecular weight excluding hydrogens is 747 g/mol. The molecule has 47 heavy (non-hydrogen) atoms. The van der Waals surface area contributed by atoms with Gasteiger partial charge in [-0.15, -0.1) is 0 Å². The Balaban J connectivity index is 1.54. The third-order valence-corrected chi connectivity index (χ3v) is 58.8. The molecule has 246 valence electrons. The second kappa shape index (κ2) is 10.2. The van der Waals surface area contributed by atoms with Crippen molar-refractivity contribution in [3.63, 3.8) is 0 Å². The zero-order valence-corrected chi connectivity index (χ0v) is 35.9. The van der Waals surface area contributed by atoms with E-state index in [9.17, 15) is 0 Å². The van der Waals surface area contributed by atoms with E-state index in [2.05, 4.69) is 179 Å². The molecule has 0 amide bonds. The van der Waals surface area contributed by atoms with Crippen molar-refractivity contribution in [1.29, 1.82) is 0 Å². The molecule has 0 spiro atoms. The number of hydrogen-bond acceptors (Lipinski definition) is 0. The molecule has 0 bridgehead atoms. The van der Waals surface area contributed by atoms with Crippen LogP contribution in [0.5, 0.6) is 0 Å². The number of benzene rings is 4. The van der Waals surface area contributed by atoms with Gasteiger partial charge in [-0.2, -0.15) is 0 Å². The molecule has 2 unspecified atom stereocenters. The number of fused-ring (bicyclic) bond motifs is 2. The second-order valence-corrected chi connectivity index (χ2v) is 102. The van der Waals surface area contributed by atoms with Gasteiger partial charge in [-0.3, -0.25) is 0 Å². The summed E-state index contributed by atoms with van der Waals surface area (Å²) in [6.45, 7) is 18.8. The number of rotatable bonds is 7. The molecule has 2 heteroatoms. The van der Waals surface area contributed by atoms with Crippen LogP contribution in [0.15, 0.2) is 97.1 Å². The van der Waals surface area contributed by atoms with Crippen LogP contribution in [0.4, 0.5) is 0 Å². The number of unbranched alkanes of at least 4 members (excludes halogenated alkanes) is 1. The summed E-state index contributed by atoms with van der Waals surface area (Å²) >= 11 is -4.96. The Morgan fingerprint density at radius 3 is 1.38 bits per heavy atom. The Bertz CT molecular complexity index is 1950. The molecule has 0 aromatic heterocycles. The van der Waals surface area contributed by atoms with Crippen molar-refractivity contribution in [2.75, 3.05) is 0 Å². The third kappa shape index (κ3) is 5.60. The van der Waals surface area contributed by atoms with Crippen molar-refractivity contribution in [1.82, 2.24) is 0 Å². The van der Waals surface area contributed by atoms with Crippen molar-refractivity contribution in [3.8, 4) is 22.3 Å². The van der Waals surface area contributed by atoms with Gasteiger partial charge in [-0.1, -0.05) is 0 Å². The van der Waals surface area contributed by atoms with Gasteiger partial charge in [0.05, 0.1) is 0 Å². The van der Waals surface area contributed by atoms with Crippen LogP contribution in [0.25, 0.3) is 34.4 Å². The van der Waals surface area contributed by atoms with Gasteiger partial charge in [-0.05, 0) is 0 Å². The maximum absolute atomic E-state index is 4.96. The summed E-state index contributed by atoms with van der Waals surface area (Å²) in [4.78, 5) is 0. The molecule has 0 saturated carbocycles. The molecule has 0 saturated heterocycles. The first kappa shape index (κ1) is 34.3. The van der Waals surface area contributed by atoms with Crippen LogP contribution in [0.3, 0.4) is 0 Å². The standard InChI is InChI=1S/2C19H19.C4H9.3CH3.Hf.H2Si/c2*1-19(2,3)16-10-4-9-15(13-16)18-12-6-8-14-7-5-11-17(14)18;1-3-4-2;;;;;/h2*4-13H,1-3H3;1,3-4H2,2H3;3*1H3;;1H2. The molecule has 0 aliphatic heterocycles. The number of allylic oxidation sites excluding steroid dienone is 2. The summed E-state index contributed by atoms with van der Waals surface area (Å²) in [7, 11) is 0. The van der Waals surface area contributed by atoms with E-state index in [1.54, 1.807) is 11.1 Å². The van der Waals surface area contributed by atoms with Crippen molar-refractivity contribution in [2.24, 2.45) is 0 Å². The second-order valence-electron chi connectivity index (χ2n) is 20.6. The predicted octanol–water partition coefficient (Wildman–Crippen LogP) is 13.1. The summed E-state index contributed by atoms with van der Waals surface area (Å²) in [6, 6.07) is 32.8. The van der Waals surface area contributed by atoms with E-state index >= 15 is 0 Å². The first-order valence-electron chi connectivity index (χ1n) is 18.1. The van der Waals surface area contributed by atoms with E-state index < -0.39 is 14.2 Å². The summed E-state index contributed by atoms with van der Waals surface area (Å²) in [5.41, 5.74) is 14.4. The SMILES string of the molecule is CCC[CH2][Hf]([CH3])([CH3])([CH3])(=[SiH2])([CH]1C=Cc2c(-c3cccc(C(C)(C)C)c3)cccc21)[CH]1C=Cc2c(-c3cccc(C(C)(C)C)c3)cccc21. The molecule has 2 aliphatic carbocycles. The third-order valence-electron chi connectivity index (χ3n) is 12.8. The van der Waals surface area contributed by atoms with E-state index in [1.807, 2.05) is 0 Å². The minimum atomic E-state index is -4.96. The van der Waals surface area contributed by atoms with Gasteiger partial charge in [0.2, 0.25) is 0 Å². The van der Waals surface area contributed by atoms with E-state index in [0.29, 0.717) is 7.35 Å². The fourth-order valence-corrected chi connectivity index (χ4v) is 49.0. The van der Waals surface area contributed by atoms with Gasteiger partial charge in [-0.25, -0.2) is 0 Å². The molecule has 0 fully saturated rings. The summed E-state index contributed by atoms with van der Waals surface area (Å²) in [5, 5.41) is 0. The average Bonchev–Trinajstić information content (AvgIpc) is 3.67. The Morgan fingerprint density at radius 1 is 0.596 bits per heavy atom. The number of hydrogen-bond donors (Lipinski definition) is 0. The van der Waals surface area contributed by atoms with Gasteiger partial charge >= 0.3 is 284 Å². The Labute approximate surface area is 281 Å². The van der Waals surface area contributed by atoms with Gasteiger partial charge in [0.1, 0.15) is 0 Å². The van der Waals surface area contributed by atoms with Gasteiger partial charge in [0, 0.05) is 0 Å². The maximum atomic E-state index is 2.84. The molecule has 2 aliphatic rings. The van der Waals surface area contributed by atoms with Crippen LogP contribution >= 0.6 is 0 Å². The molecule has 6 rings (SSSR count). The fraction of sp³-hybridized carbons (Fsp3) is 0.378. The summed E-state index contributed by atoms with van der Waals surface area (Å²) in [6.07, 6.45) is 12.8. The van der Waals surface area contributed by atoms with Crippen molar-refractivity contribution >= 4 is 19.1 Å². The van der Waals surface area contributed by atoms with E-state index in [-0.39, 0.29) is 10.8 Å². The predicted molar refractivity (Wildman–Crippen MR) is 211 cm³/mol. The average molecular weight is 806 g/mol. The Kier molecular flexibility index (Phi) is 7.47. The molecule has 4 aromatic carbocycles. The Morgan fingerprint density at radius 2 is 1.00 bits per heavy atom. The van der Waals surface area contributed by atoms with Crippen LogP contribution in [-0.2, 0) is 25.0 Å². The van der Waals surface area contributed by atoms with Gasteiger partial charge < -0.3 is 0 Å². The molecule has 0 radical (unpaired) electrons. The molecule has 0 N–H and O–H groups in total. The zero-order valence-electron chi connectivity index (χ0n) is 30.9. The molecule has 2 atom stereocenters. The molecule has 0 nitrogen and oxygen atoms in total. The molecular formula is C45H58HfSi. The van der Waals surface area contributed by atoms with Crippen LogP contribution < -0.4 is 0 Å². The quantitative estimate of drug-likeness (QED) is 0.163. The summed E-state index contributed by atoms with van der Waals surface area (Å²) in [5.74, 6) is 0. The zero-order chi connectivity index (χ0) is 34.2. The van der Waals surface area contributed by atoms with E-state index in [0.717, 1.165) is 0 Å². The van der Waals surface area contributed by atoms with Gasteiger partial charge in [0.25, 0.3) is 0 Å². The molecule has 4 aromatic rings. The minimum absolute atomic E-state index is 0.117. The van der Waals surface area contributed by atoms with Gasteiger partial charge in [0.15, 0.2) is 0 Å². The van der Waals surface area contributed by atoms with Crippen molar-refractivity contribution in [3.05, 3.63) is 130 Å². The first-order chi connectivity index (χ1) is 21.7.